The van der Waals surface area contributed by atoms with Crippen LogP contribution in [0.25, 0.3) is 0 Å². The van der Waals surface area contributed by atoms with Crippen molar-refractivity contribution in [2.45, 2.75) is 63.4 Å². The highest BCUT2D eigenvalue weighted by atomic mass is 19.4. The lowest BCUT2D eigenvalue weighted by Gasteiger charge is -2.40. The van der Waals surface area contributed by atoms with Crippen molar-refractivity contribution in [2.24, 2.45) is 17.3 Å². The van der Waals surface area contributed by atoms with Crippen molar-refractivity contribution in [3.05, 3.63) is 24.3 Å². The second-order valence-electron chi connectivity index (χ2n) is 7.53. The summed E-state index contributed by atoms with van der Waals surface area (Å²) in [5.74, 6) is -0.0800. The second-order valence-corrected chi connectivity index (χ2v) is 7.53. The Hall–Kier alpha value is -1.31. The van der Waals surface area contributed by atoms with Crippen LogP contribution < -0.4 is 0 Å². The zero-order chi connectivity index (χ0) is 20.0. The van der Waals surface area contributed by atoms with E-state index in [1.165, 1.54) is 0 Å². The minimum atomic E-state index is -5.87. The van der Waals surface area contributed by atoms with E-state index in [0.29, 0.717) is 30.9 Å². The van der Waals surface area contributed by atoms with Crippen molar-refractivity contribution in [2.75, 3.05) is 0 Å². The Balaban J connectivity index is 2.13. The van der Waals surface area contributed by atoms with Crippen LogP contribution in [0.3, 0.4) is 0 Å². The standard InChI is InChI=1S/C18H22F6O2/c1-11(5-3-10-16(26,17(19,20)21)18(22,23)24)12-7-8-13-14(25)6-4-9-15(12,13)2/h3,10,12-13,26H,1,4-9H2,2H3/t12?,13-,15?/m0/s1. The highest BCUT2D eigenvalue weighted by Gasteiger charge is 2.68. The fourth-order valence-electron chi connectivity index (χ4n) is 4.47. The van der Waals surface area contributed by atoms with Crippen LogP contribution >= 0.6 is 0 Å². The second kappa shape index (κ2) is 6.69. The van der Waals surface area contributed by atoms with Crippen molar-refractivity contribution in [1.82, 2.24) is 0 Å². The molecular formula is C18H22F6O2. The van der Waals surface area contributed by atoms with Gasteiger partial charge in [0.25, 0.3) is 5.60 Å². The number of aliphatic hydroxyl groups is 1. The van der Waals surface area contributed by atoms with Gasteiger partial charge in [-0.2, -0.15) is 26.3 Å². The number of carbonyl (C=O) groups excluding carboxylic acids is 1. The lowest BCUT2D eigenvalue weighted by atomic mass is 9.63. The van der Waals surface area contributed by atoms with Gasteiger partial charge in [0.15, 0.2) is 0 Å². The Bertz CT molecular complexity index is 590. The van der Waals surface area contributed by atoms with E-state index >= 15 is 0 Å². The Morgan fingerprint density at radius 2 is 1.81 bits per heavy atom. The van der Waals surface area contributed by atoms with Gasteiger partial charge in [-0.15, -0.1) is 0 Å². The van der Waals surface area contributed by atoms with Gasteiger partial charge in [0, 0.05) is 12.3 Å². The summed E-state index contributed by atoms with van der Waals surface area (Å²) in [6.07, 6.45) is -8.20. The molecule has 0 spiro atoms. The number of alkyl halides is 6. The molecule has 0 amide bonds. The quantitative estimate of drug-likeness (QED) is 0.539. The van der Waals surface area contributed by atoms with E-state index in [1.807, 2.05) is 6.92 Å². The predicted molar refractivity (Wildman–Crippen MR) is 83.1 cm³/mol. The minimum absolute atomic E-state index is 0.121. The van der Waals surface area contributed by atoms with Gasteiger partial charge in [0.1, 0.15) is 5.78 Å². The third kappa shape index (κ3) is 3.44. The summed E-state index contributed by atoms with van der Waals surface area (Å²) in [4.78, 5) is 12.1. The van der Waals surface area contributed by atoms with Crippen molar-refractivity contribution in [3.8, 4) is 0 Å². The molecule has 0 radical (unpaired) electrons. The summed E-state index contributed by atoms with van der Waals surface area (Å²) in [6.45, 7) is 5.78. The monoisotopic (exact) mass is 384 g/mol. The number of halogens is 6. The molecule has 2 saturated carbocycles. The van der Waals surface area contributed by atoms with E-state index in [0.717, 1.165) is 12.8 Å². The molecule has 2 aliphatic rings. The first kappa shape index (κ1) is 21.0. The third-order valence-corrected chi connectivity index (χ3v) is 5.96. The van der Waals surface area contributed by atoms with Gasteiger partial charge in [-0.25, -0.2) is 0 Å². The highest BCUT2D eigenvalue weighted by molar-refractivity contribution is 5.83. The van der Waals surface area contributed by atoms with Crippen LogP contribution in [-0.2, 0) is 4.79 Å². The lowest BCUT2D eigenvalue weighted by Crippen LogP contribution is -2.55. The van der Waals surface area contributed by atoms with Crippen molar-refractivity contribution >= 4 is 5.78 Å². The summed E-state index contributed by atoms with van der Waals surface area (Å²) < 4.78 is 76.0. The van der Waals surface area contributed by atoms with Gasteiger partial charge in [-0.05, 0) is 49.5 Å². The number of fused-ring (bicyclic) bond motifs is 1. The van der Waals surface area contributed by atoms with E-state index in [9.17, 15) is 31.1 Å². The fraction of sp³-hybridized carbons (Fsp3) is 0.722. The normalized spacial score (nSPS) is 30.7. The molecule has 148 valence electrons. The summed E-state index contributed by atoms with van der Waals surface area (Å²) >= 11 is 0. The molecule has 2 aliphatic carbocycles. The largest absolute Gasteiger partial charge is 0.429 e. The number of Topliss-reactive ketones (excluding diaryl/α,β-unsaturated/α-hetero) is 1. The van der Waals surface area contributed by atoms with Crippen LogP contribution in [0.15, 0.2) is 24.3 Å². The molecule has 3 atom stereocenters. The van der Waals surface area contributed by atoms with Gasteiger partial charge in [0.2, 0.25) is 0 Å². The number of rotatable bonds is 4. The molecule has 8 heteroatoms. The average Bonchev–Trinajstić information content (AvgIpc) is 2.83. The highest BCUT2D eigenvalue weighted by Crippen LogP contribution is 2.56. The van der Waals surface area contributed by atoms with E-state index in [1.54, 1.807) is 0 Å². The molecule has 0 aliphatic heterocycles. The maximum atomic E-state index is 12.7. The molecule has 26 heavy (non-hydrogen) atoms. The molecule has 0 heterocycles. The summed E-state index contributed by atoms with van der Waals surface area (Å²) in [7, 11) is 0. The molecule has 2 fully saturated rings. The third-order valence-electron chi connectivity index (χ3n) is 5.96. The number of carbonyl (C=O) groups is 1. The number of hydrogen-bond donors (Lipinski definition) is 1. The average molecular weight is 384 g/mol. The van der Waals surface area contributed by atoms with E-state index < -0.39 is 18.0 Å². The Kier molecular flexibility index (Phi) is 5.40. The van der Waals surface area contributed by atoms with Crippen molar-refractivity contribution in [1.29, 1.82) is 0 Å². The first-order chi connectivity index (χ1) is 11.7. The SMILES string of the molecule is C=C(CC=CC(O)(C(F)(F)F)C(F)(F)F)C1CC[C@H]2C(=O)CCCC12C. The zero-order valence-corrected chi connectivity index (χ0v) is 14.4. The zero-order valence-electron chi connectivity index (χ0n) is 14.4. The summed E-state index contributed by atoms with van der Waals surface area (Å²) in [6, 6.07) is 0. The molecule has 1 N–H and O–H groups in total. The molecule has 2 nitrogen and oxygen atoms in total. The van der Waals surface area contributed by atoms with Gasteiger partial charge < -0.3 is 5.11 Å². The maximum Gasteiger partial charge on any atom is 0.429 e. The Morgan fingerprint density at radius 3 is 2.35 bits per heavy atom. The van der Waals surface area contributed by atoms with E-state index in [-0.39, 0.29) is 35.5 Å². The van der Waals surface area contributed by atoms with Crippen LogP contribution in [0.2, 0.25) is 0 Å². The smallest absolute Gasteiger partial charge is 0.370 e. The molecule has 0 aromatic heterocycles. The van der Waals surface area contributed by atoms with Gasteiger partial charge in [-0.1, -0.05) is 25.2 Å². The number of allylic oxidation sites excluding steroid dienone is 2. The van der Waals surface area contributed by atoms with Crippen molar-refractivity contribution in [3.63, 3.8) is 0 Å². The summed E-state index contributed by atoms with van der Waals surface area (Å²) in [5.41, 5.74) is -4.74. The number of ketones is 1. The first-order valence-electron chi connectivity index (χ1n) is 8.48. The van der Waals surface area contributed by atoms with Gasteiger partial charge >= 0.3 is 12.4 Å². The first-order valence-corrected chi connectivity index (χ1v) is 8.48. The lowest BCUT2D eigenvalue weighted by molar-refractivity contribution is -0.347. The molecule has 2 rings (SSSR count). The topological polar surface area (TPSA) is 37.3 Å². The molecular weight excluding hydrogens is 362 g/mol. The van der Waals surface area contributed by atoms with Gasteiger partial charge in [0.05, 0.1) is 0 Å². The molecule has 2 unspecified atom stereocenters. The van der Waals surface area contributed by atoms with Gasteiger partial charge in [-0.3, -0.25) is 4.79 Å². The van der Waals surface area contributed by atoms with Crippen molar-refractivity contribution < 1.29 is 36.2 Å². The minimum Gasteiger partial charge on any atom is -0.370 e. The number of hydrogen-bond acceptors (Lipinski definition) is 2. The maximum absolute atomic E-state index is 12.7. The molecule has 0 saturated heterocycles. The molecule has 0 aromatic rings. The van der Waals surface area contributed by atoms with Crippen LogP contribution in [0.4, 0.5) is 26.3 Å². The van der Waals surface area contributed by atoms with Crippen LogP contribution in [0.1, 0.15) is 45.4 Å². The van der Waals surface area contributed by atoms with E-state index in [2.05, 4.69) is 6.58 Å². The predicted octanol–water partition coefficient (Wildman–Crippen LogP) is 5.13. The Morgan fingerprint density at radius 1 is 1.23 bits per heavy atom. The van der Waals surface area contributed by atoms with Crippen LogP contribution in [0, 0.1) is 17.3 Å². The Labute approximate surface area is 148 Å². The molecule has 0 bridgehead atoms. The van der Waals surface area contributed by atoms with E-state index in [4.69, 9.17) is 5.11 Å². The fourth-order valence-corrected chi connectivity index (χ4v) is 4.47. The van der Waals surface area contributed by atoms with Crippen LogP contribution in [0.5, 0.6) is 0 Å². The summed E-state index contributed by atoms with van der Waals surface area (Å²) in [5, 5.41) is 9.12. The van der Waals surface area contributed by atoms with Crippen LogP contribution in [-0.4, -0.2) is 28.8 Å². The molecule has 0 aromatic carbocycles.